The summed E-state index contributed by atoms with van der Waals surface area (Å²) in [6.45, 7) is 6.44. The van der Waals surface area contributed by atoms with Crippen LogP contribution in [0.4, 0.5) is 0 Å². The molecule has 0 amide bonds. The number of hydrogen-bond acceptors (Lipinski definition) is 2. The highest BCUT2D eigenvalue weighted by molar-refractivity contribution is 7.91. The van der Waals surface area contributed by atoms with Gasteiger partial charge < -0.3 is 0 Å². The molecule has 2 aromatic carbocycles. The van der Waals surface area contributed by atoms with E-state index < -0.39 is 9.84 Å². The van der Waals surface area contributed by atoms with E-state index in [0.717, 1.165) is 24.0 Å². The van der Waals surface area contributed by atoms with Gasteiger partial charge in [-0.25, -0.2) is 8.42 Å². The lowest BCUT2D eigenvalue weighted by molar-refractivity contribution is 0.585. The predicted octanol–water partition coefficient (Wildman–Crippen LogP) is 3.92. The van der Waals surface area contributed by atoms with E-state index in [1.807, 2.05) is 18.2 Å². The van der Waals surface area contributed by atoms with E-state index in [4.69, 9.17) is 0 Å². The molecule has 1 aliphatic heterocycles. The SMILES string of the molecule is CC(C)(C)c1ccc2c(c1)CCc1ccccc1S2(=O)=O. The number of sulfone groups is 1. The van der Waals surface area contributed by atoms with Gasteiger partial charge in [0.25, 0.3) is 0 Å². The molecule has 0 saturated carbocycles. The molecule has 0 atom stereocenters. The Morgan fingerprint density at radius 1 is 0.857 bits per heavy atom. The average molecular weight is 300 g/mol. The molecule has 0 spiro atoms. The number of rotatable bonds is 0. The van der Waals surface area contributed by atoms with Crippen molar-refractivity contribution in [3.63, 3.8) is 0 Å². The molecule has 110 valence electrons. The molecular formula is C18H20O2S. The molecule has 2 nitrogen and oxygen atoms in total. The average Bonchev–Trinajstić information content (AvgIpc) is 2.54. The summed E-state index contributed by atoms with van der Waals surface area (Å²) in [4.78, 5) is 0.938. The molecular weight excluding hydrogens is 280 g/mol. The summed E-state index contributed by atoms with van der Waals surface area (Å²) in [5.41, 5.74) is 3.07. The molecule has 3 rings (SSSR count). The number of hydrogen-bond donors (Lipinski definition) is 0. The first-order valence-corrected chi connectivity index (χ1v) is 8.75. The molecule has 2 aromatic rings. The molecule has 0 aromatic heterocycles. The Bertz CT molecular complexity index is 796. The fourth-order valence-electron chi connectivity index (χ4n) is 2.86. The smallest absolute Gasteiger partial charge is 0.207 e. The van der Waals surface area contributed by atoms with Crippen molar-refractivity contribution in [3.05, 3.63) is 59.2 Å². The van der Waals surface area contributed by atoms with Crippen molar-refractivity contribution in [1.82, 2.24) is 0 Å². The number of fused-ring (bicyclic) bond motifs is 2. The Morgan fingerprint density at radius 3 is 2.19 bits per heavy atom. The molecule has 0 fully saturated rings. The highest BCUT2D eigenvalue weighted by atomic mass is 32.2. The van der Waals surface area contributed by atoms with Crippen LogP contribution < -0.4 is 0 Å². The van der Waals surface area contributed by atoms with Gasteiger partial charge in [-0.05, 0) is 47.1 Å². The normalized spacial score (nSPS) is 16.7. The van der Waals surface area contributed by atoms with Gasteiger partial charge in [-0.2, -0.15) is 0 Å². The van der Waals surface area contributed by atoms with Gasteiger partial charge in [0.2, 0.25) is 9.84 Å². The first-order chi connectivity index (χ1) is 9.80. The third-order valence-corrected chi connectivity index (χ3v) is 6.10. The third-order valence-electron chi connectivity index (χ3n) is 4.14. The van der Waals surface area contributed by atoms with Crippen LogP contribution >= 0.6 is 0 Å². The van der Waals surface area contributed by atoms with E-state index in [1.54, 1.807) is 18.2 Å². The van der Waals surface area contributed by atoms with Gasteiger partial charge in [-0.1, -0.05) is 51.1 Å². The summed E-state index contributed by atoms with van der Waals surface area (Å²) in [5, 5.41) is 0. The fraction of sp³-hybridized carbons (Fsp3) is 0.333. The first-order valence-electron chi connectivity index (χ1n) is 7.26. The summed E-state index contributed by atoms with van der Waals surface area (Å²) in [6, 6.07) is 13.1. The van der Waals surface area contributed by atoms with E-state index in [0.29, 0.717) is 9.79 Å². The Balaban J connectivity index is 2.23. The van der Waals surface area contributed by atoms with Crippen LogP contribution in [0.25, 0.3) is 0 Å². The monoisotopic (exact) mass is 300 g/mol. The van der Waals surface area contributed by atoms with Gasteiger partial charge in [0.05, 0.1) is 9.79 Å². The predicted molar refractivity (Wildman–Crippen MR) is 84.4 cm³/mol. The second kappa shape index (κ2) is 4.70. The Hall–Kier alpha value is -1.61. The fourth-order valence-corrected chi connectivity index (χ4v) is 4.63. The van der Waals surface area contributed by atoms with Gasteiger partial charge in [0.1, 0.15) is 0 Å². The van der Waals surface area contributed by atoms with Crippen molar-refractivity contribution in [1.29, 1.82) is 0 Å². The minimum Gasteiger partial charge on any atom is -0.218 e. The largest absolute Gasteiger partial charge is 0.218 e. The molecule has 21 heavy (non-hydrogen) atoms. The molecule has 1 aliphatic rings. The lowest BCUT2D eigenvalue weighted by Gasteiger charge is -2.20. The third kappa shape index (κ3) is 2.40. The van der Waals surface area contributed by atoms with Crippen molar-refractivity contribution in [2.75, 3.05) is 0 Å². The Morgan fingerprint density at radius 2 is 1.48 bits per heavy atom. The zero-order chi connectivity index (χ0) is 15.3. The van der Waals surface area contributed by atoms with Crippen LogP contribution in [0.1, 0.15) is 37.5 Å². The maximum atomic E-state index is 12.9. The summed E-state index contributed by atoms with van der Waals surface area (Å²) in [7, 11) is -3.40. The van der Waals surface area contributed by atoms with E-state index in [9.17, 15) is 8.42 Å². The summed E-state index contributed by atoms with van der Waals surface area (Å²) >= 11 is 0. The molecule has 1 heterocycles. The zero-order valence-electron chi connectivity index (χ0n) is 12.7. The van der Waals surface area contributed by atoms with Gasteiger partial charge in [-0.3, -0.25) is 0 Å². The van der Waals surface area contributed by atoms with Crippen LogP contribution in [0, 0.1) is 0 Å². The quantitative estimate of drug-likeness (QED) is 0.739. The zero-order valence-corrected chi connectivity index (χ0v) is 13.5. The van der Waals surface area contributed by atoms with Crippen LogP contribution in [0.5, 0.6) is 0 Å². The van der Waals surface area contributed by atoms with E-state index >= 15 is 0 Å². The Labute approximate surface area is 126 Å². The van der Waals surface area contributed by atoms with Crippen LogP contribution in [-0.2, 0) is 28.1 Å². The van der Waals surface area contributed by atoms with Crippen LogP contribution in [0.3, 0.4) is 0 Å². The van der Waals surface area contributed by atoms with Crippen molar-refractivity contribution in [3.8, 4) is 0 Å². The van der Waals surface area contributed by atoms with E-state index in [1.165, 1.54) is 5.56 Å². The van der Waals surface area contributed by atoms with Gasteiger partial charge in [0.15, 0.2) is 0 Å². The van der Waals surface area contributed by atoms with Crippen LogP contribution in [-0.4, -0.2) is 8.42 Å². The van der Waals surface area contributed by atoms with Crippen molar-refractivity contribution >= 4 is 9.84 Å². The highest BCUT2D eigenvalue weighted by Crippen LogP contribution is 2.34. The number of aryl methyl sites for hydroxylation is 2. The van der Waals surface area contributed by atoms with E-state index in [2.05, 4.69) is 26.8 Å². The first kappa shape index (κ1) is 14.3. The molecule has 0 radical (unpaired) electrons. The second-order valence-corrected chi connectivity index (χ2v) is 8.57. The van der Waals surface area contributed by atoms with Crippen molar-refractivity contribution < 1.29 is 8.42 Å². The minimum absolute atomic E-state index is 0.0257. The lowest BCUT2D eigenvalue weighted by Crippen LogP contribution is -2.13. The maximum absolute atomic E-state index is 12.9. The van der Waals surface area contributed by atoms with E-state index in [-0.39, 0.29) is 5.41 Å². The molecule has 3 heteroatoms. The lowest BCUT2D eigenvalue weighted by atomic mass is 9.85. The summed E-state index contributed by atoms with van der Waals surface area (Å²) in [6.07, 6.45) is 1.55. The standard InChI is InChI=1S/C18H20O2S/c1-18(2,3)15-10-11-17-14(12-15)9-8-13-6-4-5-7-16(13)21(17,19)20/h4-7,10-12H,8-9H2,1-3H3. The van der Waals surface area contributed by atoms with Crippen molar-refractivity contribution in [2.45, 2.75) is 48.8 Å². The molecule has 0 aliphatic carbocycles. The summed E-state index contributed by atoms with van der Waals surface area (Å²) in [5.74, 6) is 0. The molecule has 0 bridgehead atoms. The van der Waals surface area contributed by atoms with Crippen LogP contribution in [0.2, 0.25) is 0 Å². The van der Waals surface area contributed by atoms with Crippen LogP contribution in [0.15, 0.2) is 52.3 Å². The topological polar surface area (TPSA) is 34.1 Å². The summed E-state index contributed by atoms with van der Waals surface area (Å²) < 4.78 is 25.8. The Kier molecular flexibility index (Phi) is 3.21. The molecule has 0 unspecified atom stereocenters. The second-order valence-electron chi connectivity index (χ2n) is 6.68. The number of benzene rings is 2. The van der Waals surface area contributed by atoms with Crippen molar-refractivity contribution in [2.24, 2.45) is 0 Å². The molecule has 0 saturated heterocycles. The van der Waals surface area contributed by atoms with Gasteiger partial charge in [-0.15, -0.1) is 0 Å². The maximum Gasteiger partial charge on any atom is 0.207 e. The van der Waals surface area contributed by atoms with Gasteiger partial charge >= 0.3 is 0 Å². The molecule has 0 N–H and O–H groups in total. The minimum atomic E-state index is -3.40. The van der Waals surface area contributed by atoms with Gasteiger partial charge in [0, 0.05) is 0 Å². The highest BCUT2D eigenvalue weighted by Gasteiger charge is 2.28.